The average Bonchev–Trinajstić information content (AvgIpc) is 3.03. The number of carbonyl (C=O) groups is 2. The number of ether oxygens (including phenoxy) is 1. The molecule has 2 saturated heterocycles. The molecule has 0 radical (unpaired) electrons. The molecular weight excluding hydrogens is 393 g/mol. The van der Waals surface area contributed by atoms with Crippen LogP contribution in [0.5, 0.6) is 0 Å². The highest BCUT2D eigenvalue weighted by atomic mass is 16.7. The normalized spacial score (nSPS) is 23.9. The Balaban J connectivity index is 1.56. The van der Waals surface area contributed by atoms with Gasteiger partial charge >= 0.3 is 13.2 Å². The number of likely N-dealkylation sites (tertiary alicyclic amines) is 1. The molecule has 1 aliphatic carbocycles. The first-order chi connectivity index (χ1) is 14.2. The predicted octanol–water partition coefficient (Wildman–Crippen LogP) is 3.38. The molecule has 2 aliphatic heterocycles. The van der Waals surface area contributed by atoms with E-state index in [0.717, 1.165) is 16.6 Å². The highest BCUT2D eigenvalue weighted by molar-refractivity contribution is 6.62. The molecule has 4 rings (SSSR count). The lowest BCUT2D eigenvalue weighted by Crippen LogP contribution is -2.49. The third-order valence-corrected chi connectivity index (χ3v) is 7.33. The number of ketones is 1. The zero-order valence-electron chi connectivity index (χ0n) is 19.8. The number of hydrogen-bond acceptors (Lipinski definition) is 5. The Labute approximate surface area is 185 Å². The Kier molecular flexibility index (Phi) is 5.10. The zero-order valence-corrected chi connectivity index (χ0v) is 19.8. The summed E-state index contributed by atoms with van der Waals surface area (Å²) in [5.41, 5.74) is 1.21. The molecule has 0 atom stereocenters. The number of fused-ring (bicyclic) bond motifs is 2. The van der Waals surface area contributed by atoms with Crippen molar-refractivity contribution >= 4 is 24.5 Å². The SMILES string of the molecule is CC(C)(C)OC(=O)N1CCC2(CC1)C(=O)Cc1ccc(B3OC(C)(C)C(C)(C)O3)cc12. The summed E-state index contributed by atoms with van der Waals surface area (Å²) in [4.78, 5) is 27.4. The van der Waals surface area contributed by atoms with E-state index >= 15 is 0 Å². The molecule has 6 nitrogen and oxygen atoms in total. The van der Waals surface area contributed by atoms with E-state index in [2.05, 4.69) is 6.07 Å². The van der Waals surface area contributed by atoms with Crippen molar-refractivity contribution in [3.8, 4) is 0 Å². The van der Waals surface area contributed by atoms with Gasteiger partial charge in [0.1, 0.15) is 11.4 Å². The van der Waals surface area contributed by atoms with Crippen molar-refractivity contribution in [2.24, 2.45) is 0 Å². The van der Waals surface area contributed by atoms with Gasteiger partial charge in [0, 0.05) is 19.5 Å². The van der Waals surface area contributed by atoms with Crippen LogP contribution in [0.15, 0.2) is 18.2 Å². The average molecular weight is 427 g/mol. The van der Waals surface area contributed by atoms with Crippen molar-refractivity contribution < 1.29 is 23.6 Å². The van der Waals surface area contributed by atoms with E-state index in [1.807, 2.05) is 60.6 Å². The van der Waals surface area contributed by atoms with Crippen LogP contribution >= 0.6 is 0 Å². The molecule has 0 aromatic heterocycles. The quantitative estimate of drug-likeness (QED) is 0.643. The highest BCUT2D eigenvalue weighted by Gasteiger charge is 2.53. The maximum Gasteiger partial charge on any atom is 0.494 e. The topological polar surface area (TPSA) is 65.1 Å². The second kappa shape index (κ2) is 7.07. The minimum atomic E-state index is -0.534. The van der Waals surface area contributed by atoms with Gasteiger partial charge < -0.3 is 18.9 Å². The number of nitrogens with zero attached hydrogens (tertiary/aromatic N) is 1. The lowest BCUT2D eigenvalue weighted by Gasteiger charge is -2.39. The third kappa shape index (κ3) is 3.80. The van der Waals surface area contributed by atoms with Crippen LogP contribution in [0.25, 0.3) is 0 Å². The summed E-state index contributed by atoms with van der Waals surface area (Å²) < 4.78 is 18.0. The van der Waals surface area contributed by atoms with Crippen LogP contribution < -0.4 is 5.46 Å². The largest absolute Gasteiger partial charge is 0.494 e. The van der Waals surface area contributed by atoms with E-state index in [4.69, 9.17) is 14.0 Å². The molecular formula is C24H34BNO5. The summed E-state index contributed by atoms with van der Waals surface area (Å²) >= 11 is 0. The van der Waals surface area contributed by atoms with Crippen LogP contribution in [0.1, 0.15) is 72.4 Å². The van der Waals surface area contributed by atoms with Gasteiger partial charge in [-0.05, 0) is 77.9 Å². The predicted molar refractivity (Wildman–Crippen MR) is 120 cm³/mol. The van der Waals surface area contributed by atoms with Crippen molar-refractivity contribution in [1.29, 1.82) is 0 Å². The molecule has 1 aromatic rings. The summed E-state index contributed by atoms with van der Waals surface area (Å²) in [6, 6.07) is 6.16. The second-order valence-corrected chi connectivity index (χ2v) is 11.2. The summed E-state index contributed by atoms with van der Waals surface area (Å²) in [5.74, 6) is 0.248. The molecule has 0 bridgehead atoms. The van der Waals surface area contributed by atoms with E-state index in [0.29, 0.717) is 32.4 Å². The lowest BCUT2D eigenvalue weighted by atomic mass is 9.70. The van der Waals surface area contributed by atoms with E-state index < -0.39 is 29.3 Å². The summed E-state index contributed by atoms with van der Waals surface area (Å²) in [5, 5.41) is 0. The number of piperidine rings is 1. The summed E-state index contributed by atoms with van der Waals surface area (Å²) in [7, 11) is -0.454. The van der Waals surface area contributed by atoms with E-state index in [1.165, 1.54) is 0 Å². The molecule has 31 heavy (non-hydrogen) atoms. The van der Waals surface area contributed by atoms with Crippen LogP contribution in [0.2, 0.25) is 0 Å². The van der Waals surface area contributed by atoms with Crippen molar-refractivity contribution in [2.75, 3.05) is 13.1 Å². The van der Waals surface area contributed by atoms with Gasteiger partial charge in [-0.2, -0.15) is 0 Å². The van der Waals surface area contributed by atoms with Crippen molar-refractivity contribution in [1.82, 2.24) is 4.90 Å². The number of amides is 1. The third-order valence-electron chi connectivity index (χ3n) is 7.33. The fraction of sp³-hybridized carbons (Fsp3) is 0.667. The van der Waals surface area contributed by atoms with E-state index in [1.54, 1.807) is 4.90 Å². The van der Waals surface area contributed by atoms with Crippen LogP contribution in [-0.2, 0) is 30.7 Å². The number of hydrogen-bond donors (Lipinski definition) is 0. The first-order valence-corrected chi connectivity index (χ1v) is 11.2. The molecule has 3 aliphatic rings. The van der Waals surface area contributed by atoms with Gasteiger partial charge in [0.2, 0.25) is 0 Å². The summed E-state index contributed by atoms with van der Waals surface area (Å²) in [6.45, 7) is 14.8. The van der Waals surface area contributed by atoms with Gasteiger partial charge in [0.05, 0.1) is 16.6 Å². The van der Waals surface area contributed by atoms with Crippen LogP contribution in [0.4, 0.5) is 4.79 Å². The standard InChI is InChI=1S/C24H34BNO5/c1-21(2,3)29-20(28)26-12-10-24(11-13-26)18-15-17(9-8-16(18)14-19(24)27)25-30-22(4,5)23(6,7)31-25/h8-9,15H,10-14H2,1-7H3. The smallest absolute Gasteiger partial charge is 0.444 e. The van der Waals surface area contributed by atoms with Gasteiger partial charge in [-0.25, -0.2) is 4.79 Å². The zero-order chi connectivity index (χ0) is 22.8. The number of Topliss-reactive ketones (excluding diaryl/α,β-unsaturated/α-hetero) is 1. The molecule has 0 saturated carbocycles. The second-order valence-electron chi connectivity index (χ2n) is 11.2. The Morgan fingerprint density at radius 1 is 1.06 bits per heavy atom. The molecule has 0 unspecified atom stereocenters. The molecule has 1 aromatic carbocycles. The van der Waals surface area contributed by atoms with Gasteiger partial charge in [-0.3, -0.25) is 4.79 Å². The number of benzene rings is 1. The minimum Gasteiger partial charge on any atom is -0.444 e. The lowest BCUT2D eigenvalue weighted by molar-refractivity contribution is -0.124. The molecule has 1 spiro atoms. The van der Waals surface area contributed by atoms with Gasteiger partial charge in [-0.15, -0.1) is 0 Å². The number of rotatable bonds is 1. The Morgan fingerprint density at radius 3 is 2.19 bits per heavy atom. The van der Waals surface area contributed by atoms with E-state index in [9.17, 15) is 9.59 Å². The van der Waals surface area contributed by atoms with Crippen LogP contribution in [0.3, 0.4) is 0 Å². The Hall–Kier alpha value is -1.86. The molecule has 168 valence electrons. The first kappa shape index (κ1) is 22.3. The molecule has 2 heterocycles. The fourth-order valence-electron chi connectivity index (χ4n) is 4.76. The molecule has 1 amide bonds. The van der Waals surface area contributed by atoms with Gasteiger partial charge in [0.15, 0.2) is 0 Å². The molecule has 0 N–H and O–H groups in total. The minimum absolute atomic E-state index is 0.248. The van der Waals surface area contributed by atoms with Gasteiger partial charge in [-0.1, -0.05) is 18.2 Å². The molecule has 7 heteroatoms. The van der Waals surface area contributed by atoms with Crippen LogP contribution in [-0.4, -0.2) is 53.8 Å². The van der Waals surface area contributed by atoms with E-state index in [-0.39, 0.29) is 11.9 Å². The van der Waals surface area contributed by atoms with Crippen molar-refractivity contribution in [2.45, 2.75) is 89.9 Å². The highest BCUT2D eigenvalue weighted by Crippen LogP contribution is 2.44. The maximum atomic E-state index is 13.2. The first-order valence-electron chi connectivity index (χ1n) is 11.2. The van der Waals surface area contributed by atoms with Crippen LogP contribution in [0, 0.1) is 0 Å². The fourth-order valence-corrected chi connectivity index (χ4v) is 4.76. The number of carbonyl (C=O) groups excluding carboxylic acids is 2. The van der Waals surface area contributed by atoms with Crippen molar-refractivity contribution in [3.63, 3.8) is 0 Å². The Morgan fingerprint density at radius 2 is 1.65 bits per heavy atom. The maximum absolute atomic E-state index is 13.2. The van der Waals surface area contributed by atoms with Gasteiger partial charge in [0.25, 0.3) is 0 Å². The Bertz CT molecular complexity index is 893. The monoisotopic (exact) mass is 427 g/mol. The molecule has 2 fully saturated rings. The van der Waals surface area contributed by atoms with Crippen molar-refractivity contribution in [3.05, 3.63) is 29.3 Å². The summed E-state index contributed by atoms with van der Waals surface area (Å²) in [6.07, 6.45) is 1.38.